The van der Waals surface area contributed by atoms with Gasteiger partial charge in [0, 0.05) is 18.6 Å². The summed E-state index contributed by atoms with van der Waals surface area (Å²) >= 11 is 0. The fourth-order valence-electron chi connectivity index (χ4n) is 3.89. The molecule has 0 heterocycles. The molecule has 0 aromatic rings. The molecule has 2 nitrogen and oxygen atoms in total. The van der Waals surface area contributed by atoms with Crippen molar-refractivity contribution in [1.82, 2.24) is 10.2 Å². The Bertz CT molecular complexity index is 211. The summed E-state index contributed by atoms with van der Waals surface area (Å²) in [7, 11) is 4.49. The van der Waals surface area contributed by atoms with Crippen LogP contribution in [-0.4, -0.2) is 37.6 Å². The Labute approximate surface area is 107 Å². The SMILES string of the molecule is CNC1CCCCC1N(C)CC1CCCCC1. The topological polar surface area (TPSA) is 15.3 Å². The van der Waals surface area contributed by atoms with E-state index in [0.29, 0.717) is 0 Å². The zero-order valence-electron chi connectivity index (χ0n) is 11.8. The van der Waals surface area contributed by atoms with Crippen molar-refractivity contribution in [2.24, 2.45) is 5.92 Å². The maximum absolute atomic E-state index is 3.53. The van der Waals surface area contributed by atoms with Gasteiger partial charge in [0.25, 0.3) is 0 Å². The van der Waals surface area contributed by atoms with Gasteiger partial charge in [0.05, 0.1) is 0 Å². The van der Waals surface area contributed by atoms with E-state index in [2.05, 4.69) is 24.3 Å². The molecule has 2 aliphatic rings. The lowest BCUT2D eigenvalue weighted by Gasteiger charge is -2.40. The highest BCUT2D eigenvalue weighted by molar-refractivity contribution is 4.87. The Kier molecular flexibility index (Phi) is 5.30. The molecule has 2 unspecified atom stereocenters. The number of rotatable bonds is 4. The number of likely N-dealkylation sites (N-methyl/N-ethyl adjacent to an activating group) is 2. The van der Waals surface area contributed by atoms with E-state index in [1.807, 2.05) is 0 Å². The minimum Gasteiger partial charge on any atom is -0.315 e. The van der Waals surface area contributed by atoms with Gasteiger partial charge in [-0.3, -0.25) is 0 Å². The standard InChI is InChI=1S/C15H30N2/c1-16-14-10-6-7-11-15(14)17(2)12-13-8-4-3-5-9-13/h13-16H,3-12H2,1-2H3. The third-order valence-electron chi connectivity index (χ3n) is 4.94. The zero-order valence-corrected chi connectivity index (χ0v) is 11.8. The molecule has 0 radical (unpaired) electrons. The molecule has 0 bridgehead atoms. The first-order valence-electron chi connectivity index (χ1n) is 7.68. The summed E-state index contributed by atoms with van der Waals surface area (Å²) in [5, 5.41) is 3.53. The third-order valence-corrected chi connectivity index (χ3v) is 4.94. The molecule has 2 fully saturated rings. The molecule has 0 amide bonds. The van der Waals surface area contributed by atoms with Crippen LogP contribution in [0.2, 0.25) is 0 Å². The van der Waals surface area contributed by atoms with Crippen LogP contribution >= 0.6 is 0 Å². The summed E-state index contributed by atoms with van der Waals surface area (Å²) in [5.74, 6) is 0.980. The molecule has 2 rings (SSSR count). The van der Waals surface area contributed by atoms with Gasteiger partial charge in [-0.25, -0.2) is 0 Å². The zero-order chi connectivity index (χ0) is 12.1. The predicted molar refractivity (Wildman–Crippen MR) is 74.3 cm³/mol. The van der Waals surface area contributed by atoms with E-state index in [9.17, 15) is 0 Å². The fraction of sp³-hybridized carbons (Fsp3) is 1.00. The van der Waals surface area contributed by atoms with Crippen LogP contribution in [0.15, 0.2) is 0 Å². The first kappa shape index (κ1) is 13.4. The first-order chi connectivity index (χ1) is 8.31. The van der Waals surface area contributed by atoms with Crippen LogP contribution in [0.1, 0.15) is 57.8 Å². The van der Waals surface area contributed by atoms with E-state index in [0.717, 1.165) is 18.0 Å². The van der Waals surface area contributed by atoms with Gasteiger partial charge in [0.15, 0.2) is 0 Å². The number of nitrogens with one attached hydrogen (secondary N) is 1. The average molecular weight is 238 g/mol. The summed E-state index contributed by atoms with van der Waals surface area (Å²) in [6, 6.07) is 1.52. The van der Waals surface area contributed by atoms with E-state index >= 15 is 0 Å². The molecule has 2 atom stereocenters. The fourth-order valence-corrected chi connectivity index (χ4v) is 3.89. The van der Waals surface area contributed by atoms with Gasteiger partial charge in [-0.15, -0.1) is 0 Å². The van der Waals surface area contributed by atoms with Crippen LogP contribution in [0.25, 0.3) is 0 Å². The molecule has 17 heavy (non-hydrogen) atoms. The lowest BCUT2D eigenvalue weighted by Crippen LogP contribution is -2.50. The number of hydrogen-bond donors (Lipinski definition) is 1. The Morgan fingerprint density at radius 3 is 2.29 bits per heavy atom. The van der Waals surface area contributed by atoms with E-state index in [1.54, 1.807) is 0 Å². The Balaban J connectivity index is 1.82. The second-order valence-corrected chi connectivity index (χ2v) is 6.19. The summed E-state index contributed by atoms with van der Waals surface area (Å²) < 4.78 is 0. The van der Waals surface area contributed by atoms with Crippen molar-refractivity contribution < 1.29 is 0 Å². The monoisotopic (exact) mass is 238 g/mol. The maximum Gasteiger partial charge on any atom is 0.0246 e. The van der Waals surface area contributed by atoms with Gasteiger partial charge in [-0.1, -0.05) is 32.1 Å². The van der Waals surface area contributed by atoms with Crippen LogP contribution < -0.4 is 5.32 Å². The molecular formula is C15H30N2. The Hall–Kier alpha value is -0.0800. The van der Waals surface area contributed by atoms with Crippen LogP contribution in [0.3, 0.4) is 0 Å². The van der Waals surface area contributed by atoms with Gasteiger partial charge < -0.3 is 10.2 Å². The molecule has 0 aliphatic heterocycles. The molecule has 0 saturated heterocycles. The van der Waals surface area contributed by atoms with Crippen molar-refractivity contribution in [3.63, 3.8) is 0 Å². The quantitative estimate of drug-likeness (QED) is 0.810. The molecular weight excluding hydrogens is 208 g/mol. The molecule has 2 heteroatoms. The van der Waals surface area contributed by atoms with E-state index in [-0.39, 0.29) is 0 Å². The van der Waals surface area contributed by atoms with Crippen molar-refractivity contribution in [3.05, 3.63) is 0 Å². The van der Waals surface area contributed by atoms with Crippen LogP contribution in [-0.2, 0) is 0 Å². The molecule has 100 valence electrons. The van der Waals surface area contributed by atoms with Crippen molar-refractivity contribution in [1.29, 1.82) is 0 Å². The second kappa shape index (κ2) is 6.75. The lowest BCUT2D eigenvalue weighted by atomic mass is 9.86. The number of nitrogens with zero attached hydrogens (tertiary/aromatic N) is 1. The van der Waals surface area contributed by atoms with Crippen LogP contribution in [0, 0.1) is 5.92 Å². The lowest BCUT2D eigenvalue weighted by molar-refractivity contribution is 0.124. The molecule has 2 aliphatic carbocycles. The first-order valence-corrected chi connectivity index (χ1v) is 7.68. The van der Waals surface area contributed by atoms with Gasteiger partial charge in [0.1, 0.15) is 0 Å². The molecule has 2 saturated carbocycles. The summed E-state index contributed by atoms with van der Waals surface area (Å²) in [5.41, 5.74) is 0. The molecule has 0 aromatic carbocycles. The third kappa shape index (κ3) is 3.69. The Morgan fingerprint density at radius 1 is 0.941 bits per heavy atom. The predicted octanol–water partition coefficient (Wildman–Crippen LogP) is 3.03. The summed E-state index contributed by atoms with van der Waals surface area (Å²) in [6.07, 6.45) is 13.0. The van der Waals surface area contributed by atoms with Crippen molar-refractivity contribution in [2.75, 3.05) is 20.6 Å². The normalized spacial score (nSPS) is 31.9. The minimum atomic E-state index is 0.734. The minimum absolute atomic E-state index is 0.734. The second-order valence-electron chi connectivity index (χ2n) is 6.19. The summed E-state index contributed by atoms with van der Waals surface area (Å²) in [6.45, 7) is 1.34. The van der Waals surface area contributed by atoms with Gasteiger partial charge >= 0.3 is 0 Å². The highest BCUT2D eigenvalue weighted by Crippen LogP contribution is 2.27. The largest absolute Gasteiger partial charge is 0.315 e. The molecule has 0 aromatic heterocycles. The Morgan fingerprint density at radius 2 is 1.59 bits per heavy atom. The van der Waals surface area contributed by atoms with E-state index < -0.39 is 0 Å². The molecule has 1 N–H and O–H groups in total. The van der Waals surface area contributed by atoms with Gasteiger partial charge in [-0.2, -0.15) is 0 Å². The van der Waals surface area contributed by atoms with Gasteiger partial charge in [0.2, 0.25) is 0 Å². The maximum atomic E-state index is 3.53. The van der Waals surface area contributed by atoms with Crippen molar-refractivity contribution >= 4 is 0 Å². The van der Waals surface area contributed by atoms with E-state index in [1.165, 1.54) is 64.3 Å². The van der Waals surface area contributed by atoms with Crippen molar-refractivity contribution in [2.45, 2.75) is 69.9 Å². The van der Waals surface area contributed by atoms with Crippen LogP contribution in [0.4, 0.5) is 0 Å². The van der Waals surface area contributed by atoms with Crippen LogP contribution in [0.5, 0.6) is 0 Å². The van der Waals surface area contributed by atoms with E-state index in [4.69, 9.17) is 0 Å². The smallest absolute Gasteiger partial charge is 0.0246 e. The highest BCUT2D eigenvalue weighted by atomic mass is 15.2. The average Bonchev–Trinajstić information content (AvgIpc) is 2.40. The molecule has 0 spiro atoms. The highest BCUT2D eigenvalue weighted by Gasteiger charge is 2.28. The van der Waals surface area contributed by atoms with Crippen molar-refractivity contribution in [3.8, 4) is 0 Å². The van der Waals surface area contributed by atoms with Gasteiger partial charge in [-0.05, 0) is 45.7 Å². The summed E-state index contributed by atoms with van der Waals surface area (Å²) in [4.78, 5) is 2.66. The number of hydrogen-bond acceptors (Lipinski definition) is 2.